The van der Waals surface area contributed by atoms with Crippen LogP contribution in [0.3, 0.4) is 0 Å². The summed E-state index contributed by atoms with van der Waals surface area (Å²) in [6, 6.07) is 11.2. The zero-order valence-corrected chi connectivity index (χ0v) is 11.7. The van der Waals surface area contributed by atoms with Gasteiger partial charge < -0.3 is 10.6 Å². The third-order valence-corrected chi connectivity index (χ3v) is 4.62. The first-order chi connectivity index (χ1) is 9.11. The number of rotatable bonds is 2. The molecule has 19 heavy (non-hydrogen) atoms. The lowest BCUT2D eigenvalue weighted by molar-refractivity contribution is 0.212. The van der Waals surface area contributed by atoms with Gasteiger partial charge in [0.15, 0.2) is 5.96 Å². The van der Waals surface area contributed by atoms with Crippen molar-refractivity contribution < 1.29 is 0 Å². The number of likely N-dealkylation sites (tertiary alicyclic amines) is 1. The highest BCUT2D eigenvalue weighted by Gasteiger charge is 2.48. The number of nitrogens with two attached hydrogens (primary N) is 1. The molecule has 1 aromatic rings. The molecule has 0 bridgehead atoms. The molecule has 0 aliphatic carbocycles. The Kier molecular flexibility index (Phi) is 2.97. The van der Waals surface area contributed by atoms with Gasteiger partial charge in [-0.25, -0.2) is 0 Å². The fraction of sp³-hybridized carbons (Fsp3) is 0.533. The molecule has 2 aliphatic rings. The van der Waals surface area contributed by atoms with Crippen LogP contribution in [0.2, 0.25) is 0 Å². The van der Waals surface area contributed by atoms with E-state index in [0.717, 1.165) is 26.1 Å². The zero-order chi connectivity index (χ0) is 13.5. The van der Waals surface area contributed by atoms with Crippen LogP contribution < -0.4 is 5.73 Å². The van der Waals surface area contributed by atoms with Gasteiger partial charge in [0.05, 0.1) is 12.1 Å². The largest absolute Gasteiger partial charge is 0.370 e. The van der Waals surface area contributed by atoms with Gasteiger partial charge in [0.25, 0.3) is 0 Å². The van der Waals surface area contributed by atoms with Crippen molar-refractivity contribution >= 4 is 5.96 Å². The molecule has 4 nitrogen and oxygen atoms in total. The number of benzene rings is 1. The maximum Gasteiger partial charge on any atom is 0.191 e. The molecular weight excluding hydrogens is 236 g/mol. The van der Waals surface area contributed by atoms with Crippen LogP contribution in [0.4, 0.5) is 0 Å². The lowest BCUT2D eigenvalue weighted by Gasteiger charge is -2.32. The molecule has 2 aliphatic heterocycles. The SMILES string of the molecule is CC1CC2(CN=C(N)N2C)CN1Cc1ccccc1. The molecule has 2 unspecified atom stereocenters. The van der Waals surface area contributed by atoms with Gasteiger partial charge in [-0.05, 0) is 18.9 Å². The summed E-state index contributed by atoms with van der Waals surface area (Å²) in [5.41, 5.74) is 7.43. The van der Waals surface area contributed by atoms with E-state index in [9.17, 15) is 0 Å². The molecule has 1 saturated heterocycles. The van der Waals surface area contributed by atoms with E-state index in [1.54, 1.807) is 0 Å². The third kappa shape index (κ3) is 2.10. The first-order valence-corrected chi connectivity index (χ1v) is 6.92. The second kappa shape index (κ2) is 4.53. The topological polar surface area (TPSA) is 44.9 Å². The number of likely N-dealkylation sites (N-methyl/N-ethyl adjacent to an activating group) is 1. The molecule has 0 saturated carbocycles. The fourth-order valence-corrected chi connectivity index (χ4v) is 3.35. The summed E-state index contributed by atoms with van der Waals surface area (Å²) >= 11 is 0. The Labute approximate surface area is 114 Å². The van der Waals surface area contributed by atoms with Gasteiger partial charge >= 0.3 is 0 Å². The second-order valence-corrected chi connectivity index (χ2v) is 5.90. The highest BCUT2D eigenvalue weighted by Crippen LogP contribution is 2.35. The Bertz CT molecular complexity index is 484. The van der Waals surface area contributed by atoms with Crippen molar-refractivity contribution in [2.45, 2.75) is 31.5 Å². The van der Waals surface area contributed by atoms with Crippen LogP contribution in [-0.4, -0.2) is 47.5 Å². The predicted molar refractivity (Wildman–Crippen MR) is 77.9 cm³/mol. The van der Waals surface area contributed by atoms with Crippen LogP contribution in [0.1, 0.15) is 18.9 Å². The third-order valence-electron chi connectivity index (χ3n) is 4.62. The van der Waals surface area contributed by atoms with Crippen LogP contribution in [0.15, 0.2) is 35.3 Å². The maximum absolute atomic E-state index is 5.93. The number of guanidine groups is 1. The van der Waals surface area contributed by atoms with Gasteiger partial charge in [-0.3, -0.25) is 9.89 Å². The molecule has 0 radical (unpaired) electrons. The van der Waals surface area contributed by atoms with Gasteiger partial charge in [-0.1, -0.05) is 30.3 Å². The number of hydrogen-bond donors (Lipinski definition) is 1. The van der Waals surface area contributed by atoms with E-state index in [1.165, 1.54) is 5.56 Å². The van der Waals surface area contributed by atoms with Crippen molar-refractivity contribution in [1.82, 2.24) is 9.80 Å². The summed E-state index contributed by atoms with van der Waals surface area (Å²) in [6.07, 6.45) is 1.14. The summed E-state index contributed by atoms with van der Waals surface area (Å²) in [4.78, 5) is 9.14. The van der Waals surface area contributed by atoms with Crippen LogP contribution in [-0.2, 0) is 6.54 Å². The fourth-order valence-electron chi connectivity index (χ4n) is 3.35. The molecule has 2 heterocycles. The highest BCUT2D eigenvalue weighted by molar-refractivity contribution is 5.80. The van der Waals surface area contributed by atoms with E-state index in [1.807, 2.05) is 0 Å². The second-order valence-electron chi connectivity index (χ2n) is 5.90. The van der Waals surface area contributed by atoms with E-state index >= 15 is 0 Å². The molecule has 2 atom stereocenters. The molecule has 102 valence electrons. The number of aliphatic imine (C=N–C) groups is 1. The van der Waals surface area contributed by atoms with E-state index in [4.69, 9.17) is 5.73 Å². The number of nitrogens with zero attached hydrogens (tertiary/aromatic N) is 3. The predicted octanol–water partition coefficient (Wildman–Crippen LogP) is 1.28. The van der Waals surface area contributed by atoms with Crippen LogP contribution in [0.25, 0.3) is 0 Å². The van der Waals surface area contributed by atoms with Crippen LogP contribution in [0, 0.1) is 0 Å². The van der Waals surface area contributed by atoms with Crippen molar-refractivity contribution in [3.63, 3.8) is 0 Å². The summed E-state index contributed by atoms with van der Waals surface area (Å²) in [5, 5.41) is 0. The zero-order valence-electron chi connectivity index (χ0n) is 11.7. The standard InChI is InChI=1S/C15H22N4/c1-12-8-15(10-17-14(16)18(15)2)11-19(12)9-13-6-4-3-5-7-13/h3-7,12H,8-11H2,1-2H3,(H2,16,17). The van der Waals surface area contributed by atoms with E-state index in [-0.39, 0.29) is 5.54 Å². The normalized spacial score (nSPS) is 31.2. The molecule has 4 heteroatoms. The lowest BCUT2D eigenvalue weighted by Crippen LogP contribution is -2.50. The summed E-state index contributed by atoms with van der Waals surface area (Å²) in [7, 11) is 2.07. The van der Waals surface area contributed by atoms with Crippen molar-refractivity contribution in [2.75, 3.05) is 20.1 Å². The first kappa shape index (κ1) is 12.5. The lowest BCUT2D eigenvalue weighted by atomic mass is 9.96. The highest BCUT2D eigenvalue weighted by atomic mass is 15.4. The van der Waals surface area contributed by atoms with Crippen LogP contribution >= 0.6 is 0 Å². The molecule has 1 spiro atoms. The molecule has 3 rings (SSSR count). The van der Waals surface area contributed by atoms with E-state index in [0.29, 0.717) is 12.0 Å². The quantitative estimate of drug-likeness (QED) is 0.869. The average molecular weight is 258 g/mol. The van der Waals surface area contributed by atoms with Crippen molar-refractivity contribution in [3.05, 3.63) is 35.9 Å². The average Bonchev–Trinajstić information content (AvgIpc) is 2.87. The van der Waals surface area contributed by atoms with Gasteiger partial charge in [0.1, 0.15) is 0 Å². The first-order valence-electron chi connectivity index (χ1n) is 6.92. The smallest absolute Gasteiger partial charge is 0.191 e. The Morgan fingerprint density at radius 2 is 2.11 bits per heavy atom. The van der Waals surface area contributed by atoms with Gasteiger partial charge in [-0.15, -0.1) is 0 Å². The van der Waals surface area contributed by atoms with E-state index in [2.05, 4.69) is 59.1 Å². The summed E-state index contributed by atoms with van der Waals surface area (Å²) in [5.74, 6) is 0.689. The molecule has 0 aromatic heterocycles. The van der Waals surface area contributed by atoms with Crippen molar-refractivity contribution in [1.29, 1.82) is 0 Å². The Balaban J connectivity index is 1.73. The molecule has 1 aromatic carbocycles. The summed E-state index contributed by atoms with van der Waals surface area (Å²) < 4.78 is 0. The van der Waals surface area contributed by atoms with Crippen LogP contribution in [0.5, 0.6) is 0 Å². The minimum absolute atomic E-state index is 0.123. The minimum Gasteiger partial charge on any atom is -0.370 e. The molecular formula is C15H22N4. The molecule has 2 N–H and O–H groups in total. The summed E-state index contributed by atoms with van der Waals surface area (Å²) in [6.45, 7) is 5.20. The Morgan fingerprint density at radius 1 is 1.37 bits per heavy atom. The Morgan fingerprint density at radius 3 is 2.74 bits per heavy atom. The van der Waals surface area contributed by atoms with Gasteiger partial charge in [-0.2, -0.15) is 0 Å². The van der Waals surface area contributed by atoms with Gasteiger partial charge in [0.2, 0.25) is 0 Å². The Hall–Kier alpha value is -1.55. The van der Waals surface area contributed by atoms with E-state index < -0.39 is 0 Å². The van der Waals surface area contributed by atoms with Crippen molar-refractivity contribution in [2.24, 2.45) is 10.7 Å². The van der Waals surface area contributed by atoms with Gasteiger partial charge in [0, 0.05) is 26.2 Å². The monoisotopic (exact) mass is 258 g/mol. The molecule has 1 fully saturated rings. The number of hydrogen-bond acceptors (Lipinski definition) is 4. The van der Waals surface area contributed by atoms with Crippen molar-refractivity contribution in [3.8, 4) is 0 Å². The minimum atomic E-state index is 0.123. The maximum atomic E-state index is 5.93. The molecule has 0 amide bonds.